The molecule has 0 aliphatic carbocycles. The van der Waals surface area contributed by atoms with Crippen LogP contribution in [0.15, 0.2) is 18.3 Å². The molecule has 1 aromatic heterocycles. The summed E-state index contributed by atoms with van der Waals surface area (Å²) >= 11 is 0. The number of piperidine rings is 1. The number of nitrogens with zero attached hydrogens (tertiary/aromatic N) is 2. The summed E-state index contributed by atoms with van der Waals surface area (Å²) < 4.78 is 12.2. The molecule has 2 aliphatic heterocycles. The van der Waals surface area contributed by atoms with Crippen molar-refractivity contribution in [3.63, 3.8) is 0 Å². The molecule has 0 N–H and O–H groups in total. The van der Waals surface area contributed by atoms with Crippen molar-refractivity contribution in [1.82, 2.24) is 4.98 Å². The highest BCUT2D eigenvalue weighted by molar-refractivity contribution is 6.62. The molecule has 0 atom stereocenters. The lowest BCUT2D eigenvalue weighted by molar-refractivity contribution is 0.00578. The number of rotatable bonds is 2. The molecule has 2 aliphatic rings. The molecule has 0 saturated carbocycles. The lowest BCUT2D eigenvalue weighted by Crippen LogP contribution is -2.48. The molecule has 5 heteroatoms. The Morgan fingerprint density at radius 2 is 1.65 bits per heavy atom. The third-order valence-corrected chi connectivity index (χ3v) is 5.72. The molecule has 4 nitrogen and oxygen atoms in total. The van der Waals surface area contributed by atoms with Crippen LogP contribution in [0.1, 0.15) is 60.8 Å². The van der Waals surface area contributed by atoms with Crippen LogP contribution in [-0.2, 0) is 9.31 Å². The van der Waals surface area contributed by atoms with Gasteiger partial charge in [0, 0.05) is 23.7 Å². The summed E-state index contributed by atoms with van der Waals surface area (Å²) in [5.74, 6) is 1.05. The number of anilines is 1. The van der Waals surface area contributed by atoms with Crippen molar-refractivity contribution >= 4 is 18.4 Å². The topological polar surface area (TPSA) is 34.6 Å². The van der Waals surface area contributed by atoms with Crippen LogP contribution in [0.3, 0.4) is 0 Å². The van der Waals surface area contributed by atoms with Crippen LogP contribution < -0.4 is 10.4 Å². The maximum Gasteiger partial charge on any atom is 0.496 e. The first kappa shape index (κ1) is 16.8. The zero-order valence-corrected chi connectivity index (χ0v) is 15.3. The van der Waals surface area contributed by atoms with Gasteiger partial charge in [0.1, 0.15) is 5.82 Å². The van der Waals surface area contributed by atoms with Crippen molar-refractivity contribution in [2.75, 3.05) is 11.4 Å². The van der Waals surface area contributed by atoms with Gasteiger partial charge in [-0.25, -0.2) is 4.98 Å². The number of hydrogen-bond acceptors (Lipinski definition) is 4. The quantitative estimate of drug-likeness (QED) is 0.785. The molecule has 0 amide bonds. The highest BCUT2D eigenvalue weighted by atomic mass is 16.7. The summed E-state index contributed by atoms with van der Waals surface area (Å²) in [6.45, 7) is 14.0. The van der Waals surface area contributed by atoms with Gasteiger partial charge >= 0.3 is 7.12 Å². The van der Waals surface area contributed by atoms with E-state index in [0.29, 0.717) is 0 Å². The van der Waals surface area contributed by atoms with Crippen molar-refractivity contribution in [1.29, 1.82) is 0 Å². The molecule has 2 fully saturated rings. The summed E-state index contributed by atoms with van der Waals surface area (Å²) in [5, 5.41) is 0. The van der Waals surface area contributed by atoms with Gasteiger partial charge < -0.3 is 14.2 Å². The van der Waals surface area contributed by atoms with Gasteiger partial charge in [-0.15, -0.1) is 0 Å². The Morgan fingerprint density at radius 1 is 1.00 bits per heavy atom. The van der Waals surface area contributed by atoms with E-state index in [-0.39, 0.29) is 23.9 Å². The fraction of sp³-hybridized carbons (Fsp3) is 0.722. The maximum atomic E-state index is 6.10. The van der Waals surface area contributed by atoms with E-state index in [0.717, 1.165) is 17.8 Å². The maximum absolute atomic E-state index is 6.10. The predicted molar refractivity (Wildman–Crippen MR) is 95.2 cm³/mol. The van der Waals surface area contributed by atoms with Crippen LogP contribution in [0.25, 0.3) is 0 Å². The Labute approximate surface area is 140 Å². The van der Waals surface area contributed by atoms with E-state index >= 15 is 0 Å². The van der Waals surface area contributed by atoms with E-state index in [1.165, 1.54) is 19.3 Å². The van der Waals surface area contributed by atoms with E-state index in [4.69, 9.17) is 14.3 Å². The molecule has 1 aromatic rings. The van der Waals surface area contributed by atoms with Crippen molar-refractivity contribution in [3.8, 4) is 0 Å². The Balaban J connectivity index is 1.78. The summed E-state index contributed by atoms with van der Waals surface area (Å²) in [5.41, 5.74) is 0.537. The molecule has 2 saturated heterocycles. The third kappa shape index (κ3) is 3.01. The van der Waals surface area contributed by atoms with E-state index in [1.807, 2.05) is 6.20 Å². The summed E-state index contributed by atoms with van der Waals surface area (Å²) in [7, 11) is -0.337. The Hall–Kier alpha value is -1.07. The van der Waals surface area contributed by atoms with Crippen LogP contribution in [-0.4, -0.2) is 35.4 Å². The first-order valence-corrected chi connectivity index (χ1v) is 8.72. The summed E-state index contributed by atoms with van der Waals surface area (Å²) in [6.07, 6.45) is 5.66. The largest absolute Gasteiger partial charge is 0.496 e. The fourth-order valence-electron chi connectivity index (χ4n) is 3.37. The first-order chi connectivity index (χ1) is 10.6. The highest BCUT2D eigenvalue weighted by Gasteiger charge is 2.51. The molecule has 3 rings (SSSR count). The molecule has 0 unspecified atom stereocenters. The smallest absolute Gasteiger partial charge is 0.399 e. The Bertz CT molecular complexity index is 553. The van der Waals surface area contributed by atoms with E-state index in [2.05, 4.69) is 58.6 Å². The van der Waals surface area contributed by atoms with Gasteiger partial charge in [-0.05, 0) is 66.9 Å². The minimum absolute atomic E-state index is 0.178. The molecule has 126 valence electrons. The van der Waals surface area contributed by atoms with E-state index in [1.54, 1.807) is 0 Å². The van der Waals surface area contributed by atoms with Crippen LogP contribution in [0.2, 0.25) is 0 Å². The van der Waals surface area contributed by atoms with Gasteiger partial charge in [0.25, 0.3) is 0 Å². The normalized spacial score (nSPS) is 25.7. The van der Waals surface area contributed by atoms with Crippen LogP contribution in [0, 0.1) is 0 Å². The fourth-order valence-corrected chi connectivity index (χ4v) is 3.37. The SMILES string of the molecule is CC1(C)CCCCN1c1ccc(B2OC(C)(C)C(C)(C)O2)cn1. The lowest BCUT2D eigenvalue weighted by atomic mass is 9.80. The lowest BCUT2D eigenvalue weighted by Gasteiger charge is -2.43. The van der Waals surface area contributed by atoms with Crippen LogP contribution in [0.4, 0.5) is 5.82 Å². The number of pyridine rings is 1. The molecule has 3 heterocycles. The van der Waals surface area contributed by atoms with E-state index < -0.39 is 0 Å². The second-order valence-electron chi connectivity index (χ2n) is 8.46. The van der Waals surface area contributed by atoms with Gasteiger partial charge in [-0.1, -0.05) is 6.07 Å². The molecule has 0 spiro atoms. The number of aromatic nitrogens is 1. The minimum Gasteiger partial charge on any atom is -0.399 e. The van der Waals surface area contributed by atoms with Crippen molar-refractivity contribution in [2.24, 2.45) is 0 Å². The zero-order chi connectivity index (χ0) is 16.9. The molecular formula is C18H29BN2O2. The zero-order valence-electron chi connectivity index (χ0n) is 15.3. The molecule has 0 bridgehead atoms. The van der Waals surface area contributed by atoms with Crippen LogP contribution in [0.5, 0.6) is 0 Å². The van der Waals surface area contributed by atoms with Gasteiger partial charge in [-0.3, -0.25) is 0 Å². The standard InChI is InChI=1S/C18H29BN2O2/c1-16(2)11-7-8-12-21(16)15-10-9-14(13-20-15)19-22-17(3,4)18(5,6)23-19/h9-10,13H,7-8,11-12H2,1-6H3. The van der Waals surface area contributed by atoms with Gasteiger partial charge in [0.05, 0.1) is 11.2 Å². The molecular weight excluding hydrogens is 287 g/mol. The van der Waals surface area contributed by atoms with Crippen molar-refractivity contribution < 1.29 is 9.31 Å². The van der Waals surface area contributed by atoms with Gasteiger partial charge in [0.2, 0.25) is 0 Å². The average molecular weight is 316 g/mol. The summed E-state index contributed by atoms with van der Waals surface area (Å²) in [4.78, 5) is 7.13. The highest BCUT2D eigenvalue weighted by Crippen LogP contribution is 2.36. The van der Waals surface area contributed by atoms with Crippen molar-refractivity contribution in [3.05, 3.63) is 18.3 Å². The van der Waals surface area contributed by atoms with Gasteiger partial charge in [0.15, 0.2) is 0 Å². The van der Waals surface area contributed by atoms with Gasteiger partial charge in [-0.2, -0.15) is 0 Å². The molecule has 23 heavy (non-hydrogen) atoms. The van der Waals surface area contributed by atoms with E-state index in [9.17, 15) is 0 Å². The van der Waals surface area contributed by atoms with Crippen molar-refractivity contribution in [2.45, 2.75) is 77.5 Å². The minimum atomic E-state index is -0.337. The number of hydrogen-bond donors (Lipinski definition) is 0. The second-order valence-corrected chi connectivity index (χ2v) is 8.46. The molecule has 0 radical (unpaired) electrons. The predicted octanol–water partition coefficient (Wildman–Crippen LogP) is 3.15. The third-order valence-electron chi connectivity index (χ3n) is 5.72. The average Bonchev–Trinajstić information content (AvgIpc) is 2.67. The monoisotopic (exact) mass is 316 g/mol. The second kappa shape index (κ2) is 5.49. The Kier molecular flexibility index (Phi) is 4.00. The Morgan fingerprint density at radius 3 is 2.17 bits per heavy atom. The van der Waals surface area contributed by atoms with Crippen LogP contribution >= 0.6 is 0 Å². The summed E-state index contributed by atoms with van der Waals surface area (Å²) in [6, 6.07) is 4.20. The molecule has 0 aromatic carbocycles. The first-order valence-electron chi connectivity index (χ1n) is 8.72.